The summed E-state index contributed by atoms with van der Waals surface area (Å²) in [6.07, 6.45) is 0.896. The van der Waals surface area contributed by atoms with Crippen molar-refractivity contribution in [1.82, 2.24) is 5.32 Å². The van der Waals surface area contributed by atoms with Crippen LogP contribution in [0, 0.1) is 11.8 Å². The molecule has 25 heavy (non-hydrogen) atoms. The van der Waals surface area contributed by atoms with Gasteiger partial charge in [-0.2, -0.15) is 0 Å². The van der Waals surface area contributed by atoms with Gasteiger partial charge >= 0.3 is 5.97 Å². The van der Waals surface area contributed by atoms with Crippen molar-refractivity contribution in [1.29, 1.82) is 0 Å². The lowest BCUT2D eigenvalue weighted by molar-refractivity contribution is -0.117. The Labute approximate surface area is 144 Å². The fourth-order valence-corrected chi connectivity index (χ4v) is 2.52. The van der Waals surface area contributed by atoms with Crippen LogP contribution in [0.4, 0.5) is 5.69 Å². The zero-order valence-corrected chi connectivity index (χ0v) is 13.6. The van der Waals surface area contributed by atoms with Crippen molar-refractivity contribution in [2.24, 2.45) is 11.8 Å². The smallest absolute Gasteiger partial charge is 0.371 e. The number of carboxylic acid groups (broad SMARTS) is 1. The molecule has 1 aliphatic rings. The third kappa shape index (κ3) is 4.06. The summed E-state index contributed by atoms with van der Waals surface area (Å²) in [5.74, 6) is -0.895. The fourth-order valence-electron chi connectivity index (χ4n) is 2.52. The largest absolute Gasteiger partial charge is 0.475 e. The number of carboxylic acids is 1. The molecule has 1 aliphatic carbocycles. The van der Waals surface area contributed by atoms with Gasteiger partial charge in [0.2, 0.25) is 11.7 Å². The van der Waals surface area contributed by atoms with E-state index in [1.807, 2.05) is 6.92 Å². The number of hydrogen-bond acceptors (Lipinski definition) is 4. The van der Waals surface area contributed by atoms with Crippen molar-refractivity contribution in [3.63, 3.8) is 0 Å². The van der Waals surface area contributed by atoms with Crippen molar-refractivity contribution >= 4 is 23.5 Å². The molecule has 1 heterocycles. The number of anilines is 1. The summed E-state index contributed by atoms with van der Waals surface area (Å²) < 4.78 is 5.08. The molecule has 2 atom stereocenters. The molecule has 3 rings (SSSR count). The van der Waals surface area contributed by atoms with E-state index in [2.05, 4.69) is 10.6 Å². The summed E-state index contributed by atoms with van der Waals surface area (Å²) in [5, 5.41) is 14.3. The molecule has 0 saturated heterocycles. The Morgan fingerprint density at radius 1 is 1.24 bits per heavy atom. The van der Waals surface area contributed by atoms with Crippen molar-refractivity contribution in [2.45, 2.75) is 19.9 Å². The highest BCUT2D eigenvalue weighted by Gasteiger charge is 2.39. The maximum atomic E-state index is 12.2. The van der Waals surface area contributed by atoms with Crippen LogP contribution < -0.4 is 10.6 Å². The minimum absolute atomic E-state index is 0.0261. The normalized spacial score (nSPS) is 18.4. The predicted molar refractivity (Wildman–Crippen MR) is 89.2 cm³/mol. The molecule has 1 saturated carbocycles. The van der Waals surface area contributed by atoms with E-state index in [0.29, 0.717) is 22.9 Å². The summed E-state index contributed by atoms with van der Waals surface area (Å²) in [6.45, 7) is 2.10. The second-order valence-electron chi connectivity index (χ2n) is 6.14. The van der Waals surface area contributed by atoms with E-state index < -0.39 is 5.97 Å². The summed E-state index contributed by atoms with van der Waals surface area (Å²) in [4.78, 5) is 34.9. The highest BCUT2D eigenvalue weighted by atomic mass is 16.4. The molecule has 130 valence electrons. The second kappa shape index (κ2) is 6.80. The van der Waals surface area contributed by atoms with Crippen molar-refractivity contribution < 1.29 is 23.9 Å². The van der Waals surface area contributed by atoms with E-state index in [9.17, 15) is 14.4 Å². The molecule has 2 aromatic rings. The van der Waals surface area contributed by atoms with Gasteiger partial charge in [0.25, 0.3) is 5.91 Å². The first kappa shape index (κ1) is 16.8. The molecule has 0 aliphatic heterocycles. The van der Waals surface area contributed by atoms with Gasteiger partial charge in [-0.15, -0.1) is 0 Å². The Morgan fingerprint density at radius 3 is 2.64 bits per heavy atom. The highest BCUT2D eigenvalue weighted by molar-refractivity contribution is 5.98. The molecule has 0 spiro atoms. The van der Waals surface area contributed by atoms with Crippen LogP contribution in [0.2, 0.25) is 0 Å². The molecule has 0 bridgehead atoms. The topological polar surface area (TPSA) is 109 Å². The number of nitrogens with one attached hydrogen (secondary N) is 2. The van der Waals surface area contributed by atoms with Crippen molar-refractivity contribution in [3.8, 4) is 0 Å². The van der Waals surface area contributed by atoms with Gasteiger partial charge < -0.3 is 20.2 Å². The summed E-state index contributed by atoms with van der Waals surface area (Å²) in [7, 11) is 0. The van der Waals surface area contributed by atoms with Crippen LogP contribution in [0.5, 0.6) is 0 Å². The standard InChI is InChI=1S/C18H18N2O5/c1-10-7-14(10)17(22)20-12-4-2-3-11(8-12)16(21)19-9-13-5-6-15(25-13)18(23)24/h2-6,8,10,14H,7,9H2,1H3,(H,19,21)(H,20,22)(H,23,24)/t10-,14-/m0/s1. The lowest BCUT2D eigenvalue weighted by atomic mass is 10.2. The van der Waals surface area contributed by atoms with Crippen LogP contribution in [0.3, 0.4) is 0 Å². The first-order chi connectivity index (χ1) is 11.9. The van der Waals surface area contributed by atoms with E-state index >= 15 is 0 Å². The molecule has 7 nitrogen and oxygen atoms in total. The van der Waals surface area contributed by atoms with E-state index in [-0.39, 0.29) is 30.0 Å². The lowest BCUT2D eigenvalue weighted by Crippen LogP contribution is -2.23. The van der Waals surface area contributed by atoms with Gasteiger partial charge in [0, 0.05) is 17.2 Å². The van der Waals surface area contributed by atoms with E-state index in [4.69, 9.17) is 9.52 Å². The minimum atomic E-state index is -1.16. The van der Waals surface area contributed by atoms with Crippen LogP contribution in [-0.2, 0) is 11.3 Å². The van der Waals surface area contributed by atoms with Gasteiger partial charge in [-0.1, -0.05) is 13.0 Å². The lowest BCUT2D eigenvalue weighted by Gasteiger charge is -2.07. The third-order valence-corrected chi connectivity index (χ3v) is 4.13. The Kier molecular flexibility index (Phi) is 4.56. The van der Waals surface area contributed by atoms with Crippen LogP contribution in [0.15, 0.2) is 40.8 Å². The number of aromatic carboxylic acids is 1. The molecule has 0 radical (unpaired) electrons. The SMILES string of the molecule is C[C@H]1C[C@@H]1C(=O)Nc1cccc(C(=O)NCc2ccc(C(=O)O)o2)c1. The zero-order chi connectivity index (χ0) is 18.0. The third-order valence-electron chi connectivity index (χ3n) is 4.13. The molecule has 2 amide bonds. The first-order valence-corrected chi connectivity index (χ1v) is 7.95. The summed E-state index contributed by atoms with van der Waals surface area (Å²) in [5.41, 5.74) is 0.967. The van der Waals surface area contributed by atoms with Gasteiger partial charge in [-0.3, -0.25) is 9.59 Å². The number of benzene rings is 1. The average Bonchev–Trinajstić information content (AvgIpc) is 3.13. The fraction of sp³-hybridized carbons (Fsp3) is 0.278. The number of hydrogen-bond donors (Lipinski definition) is 3. The number of furan rings is 1. The monoisotopic (exact) mass is 342 g/mol. The maximum absolute atomic E-state index is 12.2. The second-order valence-corrected chi connectivity index (χ2v) is 6.14. The van der Waals surface area contributed by atoms with Gasteiger partial charge in [-0.05, 0) is 42.7 Å². The number of amides is 2. The first-order valence-electron chi connectivity index (χ1n) is 7.95. The molecule has 0 unspecified atom stereocenters. The summed E-state index contributed by atoms with van der Waals surface area (Å²) >= 11 is 0. The van der Waals surface area contributed by atoms with Gasteiger partial charge in [0.1, 0.15) is 5.76 Å². The highest BCUT2D eigenvalue weighted by Crippen LogP contribution is 2.38. The maximum Gasteiger partial charge on any atom is 0.371 e. The van der Waals surface area contributed by atoms with Crippen molar-refractivity contribution in [2.75, 3.05) is 5.32 Å². The van der Waals surface area contributed by atoms with E-state index in [0.717, 1.165) is 6.42 Å². The van der Waals surface area contributed by atoms with Crippen LogP contribution in [0.25, 0.3) is 0 Å². The Hall–Kier alpha value is -3.09. The molecule has 1 aromatic carbocycles. The van der Waals surface area contributed by atoms with Gasteiger partial charge in [0.05, 0.1) is 6.54 Å². The van der Waals surface area contributed by atoms with Crippen molar-refractivity contribution in [3.05, 3.63) is 53.5 Å². The van der Waals surface area contributed by atoms with Crippen LogP contribution in [-0.4, -0.2) is 22.9 Å². The van der Waals surface area contributed by atoms with E-state index in [1.165, 1.54) is 12.1 Å². The van der Waals surface area contributed by atoms with Gasteiger partial charge in [0.15, 0.2) is 0 Å². The van der Waals surface area contributed by atoms with E-state index in [1.54, 1.807) is 24.3 Å². The summed E-state index contributed by atoms with van der Waals surface area (Å²) in [6, 6.07) is 9.49. The Balaban J connectivity index is 1.58. The quantitative estimate of drug-likeness (QED) is 0.747. The number of carbonyl (C=O) groups excluding carboxylic acids is 2. The molecule has 1 fully saturated rings. The van der Waals surface area contributed by atoms with Crippen LogP contribution >= 0.6 is 0 Å². The molecule has 7 heteroatoms. The Morgan fingerprint density at radius 2 is 2.00 bits per heavy atom. The average molecular weight is 342 g/mol. The Bertz CT molecular complexity index is 826. The molecular formula is C18H18N2O5. The number of carbonyl (C=O) groups is 3. The molecular weight excluding hydrogens is 324 g/mol. The minimum Gasteiger partial charge on any atom is -0.475 e. The molecule has 1 aromatic heterocycles. The zero-order valence-electron chi connectivity index (χ0n) is 13.6. The number of rotatable bonds is 6. The molecule has 3 N–H and O–H groups in total. The van der Waals surface area contributed by atoms with Gasteiger partial charge in [-0.25, -0.2) is 4.79 Å². The van der Waals surface area contributed by atoms with Crippen LogP contribution in [0.1, 0.15) is 40.0 Å². The predicted octanol–water partition coefficient (Wildman–Crippen LogP) is 2.50.